The van der Waals surface area contributed by atoms with Crippen molar-refractivity contribution >= 4 is 15.9 Å². The second kappa shape index (κ2) is 10.1. The van der Waals surface area contributed by atoms with Gasteiger partial charge in [0.1, 0.15) is 22.2 Å². The second-order valence-corrected chi connectivity index (χ2v) is 9.23. The third kappa shape index (κ3) is 5.34. The standard InChI is InChI=1S/C22H27FN2O5S/c1-29-18-8-7-16(20(15-18)30-2)9-12-24-22(26)17-10-13-25(14-11-17)31(27,28)21-6-4-3-5-19(21)23/h3-8,15,17H,9-14H2,1-2H3,(H,24,26). The number of benzene rings is 2. The number of hydrogen-bond acceptors (Lipinski definition) is 5. The summed E-state index contributed by atoms with van der Waals surface area (Å²) in [6.07, 6.45) is 1.39. The van der Waals surface area contributed by atoms with Gasteiger partial charge in [0.2, 0.25) is 15.9 Å². The van der Waals surface area contributed by atoms with E-state index in [1.165, 1.54) is 22.5 Å². The van der Waals surface area contributed by atoms with Gasteiger partial charge in [-0.3, -0.25) is 4.79 Å². The molecule has 0 bridgehead atoms. The molecule has 2 aromatic carbocycles. The van der Waals surface area contributed by atoms with Crippen LogP contribution in [0.1, 0.15) is 18.4 Å². The number of amides is 1. The van der Waals surface area contributed by atoms with E-state index >= 15 is 0 Å². The Labute approximate surface area is 182 Å². The average Bonchev–Trinajstić information content (AvgIpc) is 2.79. The van der Waals surface area contributed by atoms with Crippen LogP contribution in [-0.4, -0.2) is 52.5 Å². The molecular weight excluding hydrogens is 423 g/mol. The number of nitrogens with one attached hydrogen (secondary N) is 1. The van der Waals surface area contributed by atoms with Crippen LogP contribution in [-0.2, 0) is 21.2 Å². The van der Waals surface area contributed by atoms with Gasteiger partial charge in [0.15, 0.2) is 0 Å². The van der Waals surface area contributed by atoms with E-state index in [4.69, 9.17) is 9.47 Å². The third-order valence-electron chi connectivity index (χ3n) is 5.47. The molecule has 0 spiro atoms. The fourth-order valence-corrected chi connectivity index (χ4v) is 5.21. The zero-order chi connectivity index (χ0) is 22.4. The normalized spacial score (nSPS) is 15.5. The highest BCUT2D eigenvalue weighted by Gasteiger charge is 2.33. The molecule has 1 amide bonds. The van der Waals surface area contributed by atoms with Crippen LogP contribution < -0.4 is 14.8 Å². The molecule has 1 saturated heterocycles. The number of methoxy groups -OCH3 is 2. The largest absolute Gasteiger partial charge is 0.497 e. The van der Waals surface area contributed by atoms with Gasteiger partial charge in [0, 0.05) is 31.6 Å². The van der Waals surface area contributed by atoms with Crippen LogP contribution in [0.25, 0.3) is 0 Å². The Morgan fingerprint density at radius 2 is 1.84 bits per heavy atom. The molecule has 1 N–H and O–H groups in total. The minimum atomic E-state index is -3.91. The average molecular weight is 451 g/mol. The van der Waals surface area contributed by atoms with E-state index in [1.807, 2.05) is 12.1 Å². The number of carbonyl (C=O) groups excluding carboxylic acids is 1. The molecule has 168 valence electrons. The maximum absolute atomic E-state index is 13.9. The topological polar surface area (TPSA) is 84.9 Å². The van der Waals surface area contributed by atoms with Crippen molar-refractivity contribution in [3.8, 4) is 11.5 Å². The van der Waals surface area contributed by atoms with Gasteiger partial charge in [-0.25, -0.2) is 12.8 Å². The second-order valence-electron chi connectivity index (χ2n) is 7.33. The highest BCUT2D eigenvalue weighted by atomic mass is 32.2. The molecule has 0 aromatic heterocycles. The highest BCUT2D eigenvalue weighted by Crippen LogP contribution is 2.26. The molecular formula is C22H27FN2O5S. The number of ether oxygens (including phenoxy) is 2. The molecule has 7 nitrogen and oxygen atoms in total. The van der Waals surface area contributed by atoms with Crippen molar-refractivity contribution in [1.82, 2.24) is 9.62 Å². The number of nitrogens with zero attached hydrogens (tertiary/aromatic N) is 1. The molecule has 0 unspecified atom stereocenters. The lowest BCUT2D eigenvalue weighted by Crippen LogP contribution is -2.43. The highest BCUT2D eigenvalue weighted by molar-refractivity contribution is 7.89. The maximum Gasteiger partial charge on any atom is 0.245 e. The Balaban J connectivity index is 1.51. The molecule has 0 saturated carbocycles. The van der Waals surface area contributed by atoms with Crippen molar-refractivity contribution in [2.24, 2.45) is 5.92 Å². The first kappa shape index (κ1) is 23.0. The van der Waals surface area contributed by atoms with E-state index in [0.717, 1.165) is 11.6 Å². The number of hydrogen-bond donors (Lipinski definition) is 1. The zero-order valence-electron chi connectivity index (χ0n) is 17.6. The summed E-state index contributed by atoms with van der Waals surface area (Å²) < 4.78 is 51.1. The zero-order valence-corrected chi connectivity index (χ0v) is 18.5. The van der Waals surface area contributed by atoms with Gasteiger partial charge in [-0.05, 0) is 43.0 Å². The lowest BCUT2D eigenvalue weighted by atomic mass is 9.97. The summed E-state index contributed by atoms with van der Waals surface area (Å²) in [5.74, 6) is 0.249. The summed E-state index contributed by atoms with van der Waals surface area (Å²) in [5.41, 5.74) is 0.953. The molecule has 0 aliphatic carbocycles. The van der Waals surface area contributed by atoms with Crippen LogP contribution in [0.5, 0.6) is 11.5 Å². The van der Waals surface area contributed by atoms with Crippen LogP contribution >= 0.6 is 0 Å². The predicted molar refractivity (Wildman–Crippen MR) is 114 cm³/mol. The first-order chi connectivity index (χ1) is 14.9. The predicted octanol–water partition coefficient (Wildman–Crippen LogP) is 2.60. The Kier molecular flexibility index (Phi) is 7.50. The van der Waals surface area contributed by atoms with Crippen LogP contribution in [0, 0.1) is 11.7 Å². The lowest BCUT2D eigenvalue weighted by Gasteiger charge is -2.30. The first-order valence-corrected chi connectivity index (χ1v) is 11.5. The molecule has 1 aliphatic rings. The Morgan fingerprint density at radius 3 is 2.48 bits per heavy atom. The van der Waals surface area contributed by atoms with E-state index in [0.29, 0.717) is 37.3 Å². The molecule has 1 aliphatic heterocycles. The number of carbonyl (C=O) groups is 1. The molecule has 31 heavy (non-hydrogen) atoms. The molecule has 0 radical (unpaired) electrons. The Hall–Kier alpha value is -2.65. The Morgan fingerprint density at radius 1 is 1.13 bits per heavy atom. The molecule has 3 rings (SSSR count). The first-order valence-electron chi connectivity index (χ1n) is 10.1. The third-order valence-corrected chi connectivity index (χ3v) is 7.40. The number of sulfonamides is 1. The van der Waals surface area contributed by atoms with Gasteiger partial charge >= 0.3 is 0 Å². The van der Waals surface area contributed by atoms with E-state index in [1.54, 1.807) is 20.3 Å². The van der Waals surface area contributed by atoms with Gasteiger partial charge in [-0.15, -0.1) is 0 Å². The van der Waals surface area contributed by atoms with Crippen LogP contribution in [0.3, 0.4) is 0 Å². The summed E-state index contributed by atoms with van der Waals surface area (Å²) in [4.78, 5) is 12.2. The van der Waals surface area contributed by atoms with E-state index in [9.17, 15) is 17.6 Å². The van der Waals surface area contributed by atoms with Gasteiger partial charge in [-0.1, -0.05) is 18.2 Å². The molecule has 9 heteroatoms. The van der Waals surface area contributed by atoms with Crippen LogP contribution in [0.15, 0.2) is 47.4 Å². The van der Waals surface area contributed by atoms with E-state index < -0.39 is 15.8 Å². The smallest absolute Gasteiger partial charge is 0.245 e. The lowest BCUT2D eigenvalue weighted by molar-refractivity contribution is -0.126. The summed E-state index contributed by atoms with van der Waals surface area (Å²) >= 11 is 0. The van der Waals surface area contributed by atoms with Crippen molar-refractivity contribution in [3.05, 3.63) is 53.8 Å². The van der Waals surface area contributed by atoms with Crippen molar-refractivity contribution in [2.45, 2.75) is 24.2 Å². The fourth-order valence-electron chi connectivity index (χ4n) is 3.67. The minimum Gasteiger partial charge on any atom is -0.497 e. The Bertz CT molecular complexity index is 1020. The fraction of sp³-hybridized carbons (Fsp3) is 0.409. The van der Waals surface area contributed by atoms with Crippen molar-refractivity contribution in [2.75, 3.05) is 33.9 Å². The number of halogens is 1. The van der Waals surface area contributed by atoms with E-state index in [-0.39, 0.29) is 29.8 Å². The van der Waals surface area contributed by atoms with Crippen molar-refractivity contribution in [3.63, 3.8) is 0 Å². The molecule has 1 fully saturated rings. The molecule has 0 atom stereocenters. The summed E-state index contributed by atoms with van der Waals surface area (Å²) in [7, 11) is -0.738. The number of rotatable bonds is 8. The molecule has 1 heterocycles. The monoisotopic (exact) mass is 450 g/mol. The van der Waals surface area contributed by atoms with Gasteiger partial charge in [0.25, 0.3) is 0 Å². The summed E-state index contributed by atoms with van der Waals surface area (Å²) in [5, 5.41) is 2.92. The minimum absolute atomic E-state index is 0.101. The summed E-state index contributed by atoms with van der Waals surface area (Å²) in [6, 6.07) is 10.9. The van der Waals surface area contributed by atoms with Gasteiger partial charge in [-0.2, -0.15) is 4.31 Å². The van der Waals surface area contributed by atoms with Crippen LogP contribution in [0.4, 0.5) is 4.39 Å². The molecule has 2 aromatic rings. The number of piperidine rings is 1. The van der Waals surface area contributed by atoms with Gasteiger partial charge in [0.05, 0.1) is 14.2 Å². The van der Waals surface area contributed by atoms with Crippen molar-refractivity contribution in [1.29, 1.82) is 0 Å². The van der Waals surface area contributed by atoms with Gasteiger partial charge < -0.3 is 14.8 Å². The SMILES string of the molecule is COc1ccc(CCNC(=O)C2CCN(S(=O)(=O)c3ccccc3F)CC2)c(OC)c1. The van der Waals surface area contributed by atoms with Crippen LogP contribution in [0.2, 0.25) is 0 Å². The van der Waals surface area contributed by atoms with Crippen molar-refractivity contribution < 1.29 is 27.1 Å². The maximum atomic E-state index is 13.9. The summed E-state index contributed by atoms with van der Waals surface area (Å²) in [6.45, 7) is 0.803. The van der Waals surface area contributed by atoms with E-state index in [2.05, 4.69) is 5.32 Å². The quantitative estimate of drug-likeness (QED) is 0.668.